The normalized spacial score (nSPS) is 11.2. The molecule has 1 heterocycles. The van der Waals surface area contributed by atoms with E-state index in [2.05, 4.69) is 20.6 Å². The molecule has 4 aromatic rings. The number of hydrazine groups is 1. The number of benzene rings is 3. The standard InChI is InChI=1S/C25H24N4O5S/c1-15-16(2)26-21-12-11-18(14-20(15)21)25(31)28-27-24(30)17-7-6-8-19(13-17)35(32,33)29-22-9-4-5-10-23(22)34-3/h4-14,26,29H,1-3H3,(H,27,30)(H,28,31). The van der Waals surface area contributed by atoms with Gasteiger partial charge >= 0.3 is 0 Å². The van der Waals surface area contributed by atoms with Crippen LogP contribution in [0.4, 0.5) is 5.69 Å². The predicted octanol–water partition coefficient (Wildman–Crippen LogP) is 3.67. The molecule has 9 nitrogen and oxygen atoms in total. The summed E-state index contributed by atoms with van der Waals surface area (Å²) in [6.07, 6.45) is 0. The predicted molar refractivity (Wildman–Crippen MR) is 133 cm³/mol. The molecule has 4 rings (SSSR count). The number of hydrogen-bond donors (Lipinski definition) is 4. The van der Waals surface area contributed by atoms with Gasteiger partial charge in [0.2, 0.25) is 0 Å². The number of hydrogen-bond acceptors (Lipinski definition) is 5. The quantitative estimate of drug-likeness (QED) is 0.305. The maximum absolute atomic E-state index is 12.9. The lowest BCUT2D eigenvalue weighted by molar-refractivity contribution is 0.0846. The van der Waals surface area contributed by atoms with Crippen LogP contribution in [0.3, 0.4) is 0 Å². The minimum Gasteiger partial charge on any atom is -0.495 e. The second-order valence-corrected chi connectivity index (χ2v) is 9.56. The Labute approximate surface area is 202 Å². The topological polar surface area (TPSA) is 129 Å². The zero-order valence-electron chi connectivity index (χ0n) is 19.3. The number of nitrogens with one attached hydrogen (secondary N) is 4. The Kier molecular flexibility index (Phi) is 6.48. The SMILES string of the molecule is COc1ccccc1NS(=O)(=O)c1cccc(C(=O)NNC(=O)c2ccc3[nH]c(C)c(C)c3c2)c1. The molecule has 3 aromatic carbocycles. The first kappa shape index (κ1) is 23.8. The van der Waals surface area contributed by atoms with Crippen LogP contribution in [0.25, 0.3) is 10.9 Å². The third kappa shape index (κ3) is 4.97. The summed E-state index contributed by atoms with van der Waals surface area (Å²) < 4.78 is 33.4. The zero-order chi connectivity index (χ0) is 25.2. The molecule has 0 spiro atoms. The number of carbonyl (C=O) groups is 2. The molecule has 0 aliphatic rings. The third-order valence-electron chi connectivity index (χ3n) is 5.62. The van der Waals surface area contributed by atoms with Crippen LogP contribution in [-0.2, 0) is 10.0 Å². The summed E-state index contributed by atoms with van der Waals surface area (Å²) in [5.74, 6) is -0.807. The van der Waals surface area contributed by atoms with Crippen LogP contribution >= 0.6 is 0 Å². The second kappa shape index (κ2) is 9.51. The lowest BCUT2D eigenvalue weighted by Crippen LogP contribution is -2.41. The summed E-state index contributed by atoms with van der Waals surface area (Å²) in [4.78, 5) is 28.3. The molecule has 0 aliphatic carbocycles. The number of methoxy groups -OCH3 is 1. The number of fused-ring (bicyclic) bond motifs is 1. The number of aromatic nitrogens is 1. The van der Waals surface area contributed by atoms with Gasteiger partial charge in [-0.05, 0) is 67.9 Å². The fraction of sp³-hybridized carbons (Fsp3) is 0.120. The average Bonchev–Trinajstić information content (AvgIpc) is 3.15. The Balaban J connectivity index is 1.47. The van der Waals surface area contributed by atoms with Gasteiger partial charge in [0.05, 0.1) is 17.7 Å². The van der Waals surface area contributed by atoms with Gasteiger partial charge in [-0.25, -0.2) is 8.42 Å². The van der Waals surface area contributed by atoms with Crippen LogP contribution in [0.2, 0.25) is 0 Å². The number of aryl methyl sites for hydroxylation is 2. The first-order valence-corrected chi connectivity index (χ1v) is 12.1. The lowest BCUT2D eigenvalue weighted by atomic mass is 10.1. The molecule has 0 bridgehead atoms. The summed E-state index contributed by atoms with van der Waals surface area (Å²) in [7, 11) is -2.56. The molecule has 0 radical (unpaired) electrons. The van der Waals surface area contributed by atoms with Gasteiger partial charge in [0.1, 0.15) is 5.75 Å². The smallest absolute Gasteiger partial charge is 0.269 e. The second-order valence-electron chi connectivity index (χ2n) is 7.88. The van der Waals surface area contributed by atoms with E-state index in [1.165, 1.54) is 31.4 Å². The van der Waals surface area contributed by atoms with Crippen molar-refractivity contribution in [1.82, 2.24) is 15.8 Å². The van der Waals surface area contributed by atoms with Crippen molar-refractivity contribution >= 4 is 38.4 Å². The van der Waals surface area contributed by atoms with Crippen molar-refractivity contribution in [2.24, 2.45) is 0 Å². The fourth-order valence-corrected chi connectivity index (χ4v) is 4.71. The van der Waals surface area contributed by atoms with Gasteiger partial charge in [0.15, 0.2) is 0 Å². The van der Waals surface area contributed by atoms with Crippen molar-refractivity contribution in [3.05, 3.63) is 89.1 Å². The highest BCUT2D eigenvalue weighted by Gasteiger charge is 2.19. The van der Waals surface area contributed by atoms with E-state index in [1.54, 1.807) is 42.5 Å². The molecule has 0 saturated carbocycles. The maximum atomic E-state index is 12.9. The number of anilines is 1. The van der Waals surface area contributed by atoms with E-state index >= 15 is 0 Å². The first-order chi connectivity index (χ1) is 16.7. The van der Waals surface area contributed by atoms with Crippen molar-refractivity contribution in [2.75, 3.05) is 11.8 Å². The van der Waals surface area contributed by atoms with E-state index < -0.39 is 21.8 Å². The van der Waals surface area contributed by atoms with Crippen molar-refractivity contribution in [2.45, 2.75) is 18.7 Å². The largest absolute Gasteiger partial charge is 0.495 e. The molecule has 0 unspecified atom stereocenters. The molecular weight excluding hydrogens is 468 g/mol. The number of rotatable bonds is 6. The molecular formula is C25H24N4O5S. The van der Waals surface area contributed by atoms with Crippen LogP contribution in [0.15, 0.2) is 71.6 Å². The Morgan fingerprint density at radius 1 is 0.857 bits per heavy atom. The summed E-state index contributed by atoms with van der Waals surface area (Å²) in [6, 6.07) is 17.2. The number of para-hydroxylation sites is 2. The van der Waals surface area contributed by atoms with Gasteiger partial charge in [0.25, 0.3) is 21.8 Å². The molecule has 35 heavy (non-hydrogen) atoms. The lowest BCUT2D eigenvalue weighted by Gasteiger charge is -2.12. The molecule has 0 aliphatic heterocycles. The van der Waals surface area contributed by atoms with E-state index in [9.17, 15) is 18.0 Å². The molecule has 0 saturated heterocycles. The maximum Gasteiger partial charge on any atom is 0.269 e. The van der Waals surface area contributed by atoms with E-state index in [0.29, 0.717) is 11.3 Å². The van der Waals surface area contributed by atoms with Crippen LogP contribution in [0.5, 0.6) is 5.75 Å². The number of H-pyrrole nitrogens is 1. The van der Waals surface area contributed by atoms with Crippen molar-refractivity contribution in [1.29, 1.82) is 0 Å². The third-order valence-corrected chi connectivity index (χ3v) is 6.98. The Bertz CT molecular complexity index is 1540. The summed E-state index contributed by atoms with van der Waals surface area (Å²) in [6.45, 7) is 3.91. The highest BCUT2D eigenvalue weighted by molar-refractivity contribution is 7.92. The van der Waals surface area contributed by atoms with Crippen molar-refractivity contribution < 1.29 is 22.7 Å². The molecule has 2 amide bonds. The molecule has 0 atom stereocenters. The highest BCUT2D eigenvalue weighted by Crippen LogP contribution is 2.26. The van der Waals surface area contributed by atoms with Crippen LogP contribution in [-0.4, -0.2) is 32.3 Å². The number of carbonyl (C=O) groups excluding carboxylic acids is 2. The number of amides is 2. The average molecular weight is 493 g/mol. The number of aromatic amines is 1. The summed E-state index contributed by atoms with van der Waals surface area (Å²) in [5, 5.41) is 0.918. The monoisotopic (exact) mass is 492 g/mol. The van der Waals surface area contributed by atoms with E-state index in [1.807, 2.05) is 13.8 Å². The number of ether oxygens (including phenoxy) is 1. The van der Waals surface area contributed by atoms with Crippen molar-refractivity contribution in [3.8, 4) is 5.75 Å². The first-order valence-electron chi connectivity index (χ1n) is 10.6. The van der Waals surface area contributed by atoms with Crippen molar-refractivity contribution in [3.63, 3.8) is 0 Å². The molecule has 10 heteroatoms. The zero-order valence-corrected chi connectivity index (χ0v) is 20.1. The minimum atomic E-state index is -4.00. The van der Waals surface area contributed by atoms with Gasteiger partial charge < -0.3 is 9.72 Å². The minimum absolute atomic E-state index is 0.0563. The summed E-state index contributed by atoms with van der Waals surface area (Å²) >= 11 is 0. The molecule has 1 aromatic heterocycles. The van der Waals surface area contributed by atoms with E-state index in [0.717, 1.165) is 22.2 Å². The highest BCUT2D eigenvalue weighted by atomic mass is 32.2. The van der Waals surface area contributed by atoms with Gasteiger partial charge in [-0.15, -0.1) is 0 Å². The summed E-state index contributed by atoms with van der Waals surface area (Å²) in [5.41, 5.74) is 8.37. The molecule has 180 valence electrons. The van der Waals surface area contributed by atoms with Gasteiger partial charge in [0, 0.05) is 27.7 Å². The fourth-order valence-electron chi connectivity index (χ4n) is 3.60. The Morgan fingerprint density at radius 3 is 2.26 bits per heavy atom. The number of sulfonamides is 1. The van der Waals surface area contributed by atoms with Crippen LogP contribution in [0, 0.1) is 13.8 Å². The molecule has 4 N–H and O–H groups in total. The van der Waals surface area contributed by atoms with E-state index in [4.69, 9.17) is 4.74 Å². The van der Waals surface area contributed by atoms with Gasteiger partial charge in [-0.1, -0.05) is 18.2 Å². The Morgan fingerprint density at radius 2 is 1.54 bits per heavy atom. The Hall–Kier alpha value is -4.31. The van der Waals surface area contributed by atoms with E-state index in [-0.39, 0.29) is 16.1 Å². The molecule has 0 fully saturated rings. The van der Waals surface area contributed by atoms with Crippen LogP contribution in [0.1, 0.15) is 32.0 Å². The van der Waals surface area contributed by atoms with Gasteiger partial charge in [-0.3, -0.25) is 25.2 Å². The van der Waals surface area contributed by atoms with Crippen LogP contribution < -0.4 is 20.3 Å². The van der Waals surface area contributed by atoms with Gasteiger partial charge in [-0.2, -0.15) is 0 Å².